The molecule has 1 N–H and O–H groups in total. The van der Waals surface area contributed by atoms with E-state index in [4.69, 9.17) is 11.6 Å². The zero-order valence-electron chi connectivity index (χ0n) is 10.4. The summed E-state index contributed by atoms with van der Waals surface area (Å²) in [6.45, 7) is 1.66. The van der Waals surface area contributed by atoms with Crippen molar-refractivity contribution in [3.8, 4) is 0 Å². The molecule has 9 heteroatoms. The van der Waals surface area contributed by atoms with Crippen LogP contribution in [0.2, 0.25) is 5.02 Å². The quantitative estimate of drug-likeness (QED) is 0.499. The van der Waals surface area contributed by atoms with Crippen LogP contribution in [0, 0.1) is 17.0 Å². The molecule has 2 rings (SSSR count). The van der Waals surface area contributed by atoms with Crippen molar-refractivity contribution in [1.29, 1.82) is 0 Å². The van der Waals surface area contributed by atoms with Gasteiger partial charge in [0.2, 0.25) is 0 Å². The molecule has 1 heterocycles. The number of nitro groups is 1. The molecule has 0 radical (unpaired) electrons. The lowest BCUT2D eigenvalue weighted by atomic mass is 10.1. The molecular weight excluding hydrogens is 447 g/mol. The molecule has 5 nitrogen and oxygen atoms in total. The lowest BCUT2D eigenvalue weighted by Gasteiger charge is -2.08. The Labute approximate surface area is 145 Å². The van der Waals surface area contributed by atoms with E-state index in [1.165, 1.54) is 23.5 Å². The Hall–Kier alpha value is -0.960. The highest BCUT2D eigenvalue weighted by Crippen LogP contribution is 2.34. The molecule has 0 unspecified atom stereocenters. The standard InChI is InChI=1S/C12H7Br2ClN2O3S/c1-5-2-9(17(19)20)7(15)4-8(5)16-12(18)6-3-10(13)21-11(6)14/h2-4H,1H3,(H,16,18). The Balaban J connectivity index is 2.32. The van der Waals surface area contributed by atoms with Crippen LogP contribution in [-0.4, -0.2) is 10.8 Å². The molecule has 0 aliphatic rings. The van der Waals surface area contributed by atoms with Crippen molar-refractivity contribution in [2.75, 3.05) is 5.32 Å². The average molecular weight is 455 g/mol. The highest BCUT2D eigenvalue weighted by molar-refractivity contribution is 9.12. The summed E-state index contributed by atoms with van der Waals surface area (Å²) in [4.78, 5) is 22.4. The predicted molar refractivity (Wildman–Crippen MR) is 90.5 cm³/mol. The van der Waals surface area contributed by atoms with Gasteiger partial charge in [-0.3, -0.25) is 14.9 Å². The number of nitro benzene ring substituents is 1. The molecular formula is C12H7Br2ClN2O3S. The number of aryl methyl sites for hydroxylation is 1. The summed E-state index contributed by atoms with van der Waals surface area (Å²) in [6, 6.07) is 4.39. The molecule has 0 saturated heterocycles. The van der Waals surface area contributed by atoms with Gasteiger partial charge in [0.1, 0.15) is 5.02 Å². The second-order valence-corrected chi connectivity index (χ2v) is 8.22. The number of hydrogen-bond donors (Lipinski definition) is 1. The van der Waals surface area contributed by atoms with Gasteiger partial charge in [-0.15, -0.1) is 11.3 Å². The van der Waals surface area contributed by atoms with Crippen molar-refractivity contribution in [3.05, 3.63) is 52.0 Å². The first-order chi connectivity index (χ1) is 9.79. The monoisotopic (exact) mass is 452 g/mol. The molecule has 0 bridgehead atoms. The zero-order chi connectivity index (χ0) is 15.7. The van der Waals surface area contributed by atoms with Gasteiger partial charge in [0, 0.05) is 11.8 Å². The number of thiophene rings is 1. The first-order valence-corrected chi connectivity index (χ1v) is 8.28. The SMILES string of the molecule is Cc1cc([N+](=O)[O-])c(Cl)cc1NC(=O)c1cc(Br)sc1Br. The molecule has 0 saturated carbocycles. The highest BCUT2D eigenvalue weighted by atomic mass is 79.9. The molecule has 1 aromatic heterocycles. The number of benzene rings is 1. The molecule has 1 amide bonds. The first kappa shape index (κ1) is 16.4. The van der Waals surface area contributed by atoms with Crippen molar-refractivity contribution >= 4 is 72.1 Å². The minimum atomic E-state index is -0.562. The lowest BCUT2D eigenvalue weighted by Crippen LogP contribution is -2.12. The molecule has 21 heavy (non-hydrogen) atoms. The molecule has 0 aliphatic heterocycles. The largest absolute Gasteiger partial charge is 0.322 e. The normalized spacial score (nSPS) is 10.5. The maximum atomic E-state index is 12.2. The number of hydrogen-bond acceptors (Lipinski definition) is 4. The maximum Gasteiger partial charge on any atom is 0.288 e. The van der Waals surface area contributed by atoms with Gasteiger partial charge in [0.05, 0.1) is 18.1 Å². The van der Waals surface area contributed by atoms with E-state index in [0.29, 0.717) is 20.6 Å². The second-order valence-electron chi connectivity index (χ2n) is 4.07. The fraction of sp³-hybridized carbons (Fsp3) is 0.0833. The third kappa shape index (κ3) is 3.63. The van der Waals surface area contributed by atoms with E-state index in [9.17, 15) is 14.9 Å². The van der Waals surface area contributed by atoms with E-state index in [-0.39, 0.29) is 16.6 Å². The van der Waals surface area contributed by atoms with Crippen molar-refractivity contribution in [3.63, 3.8) is 0 Å². The smallest absolute Gasteiger partial charge is 0.288 e. The molecule has 0 spiro atoms. The Morgan fingerprint density at radius 3 is 2.57 bits per heavy atom. The van der Waals surface area contributed by atoms with Crippen LogP contribution in [0.25, 0.3) is 0 Å². The van der Waals surface area contributed by atoms with Crippen molar-refractivity contribution in [1.82, 2.24) is 0 Å². The Morgan fingerprint density at radius 2 is 2.05 bits per heavy atom. The third-order valence-electron chi connectivity index (χ3n) is 2.64. The maximum absolute atomic E-state index is 12.2. The molecule has 2 aromatic rings. The van der Waals surface area contributed by atoms with E-state index in [1.54, 1.807) is 13.0 Å². The lowest BCUT2D eigenvalue weighted by molar-refractivity contribution is -0.384. The average Bonchev–Trinajstić information content (AvgIpc) is 2.72. The number of carbonyl (C=O) groups excluding carboxylic acids is 1. The van der Waals surface area contributed by atoms with Crippen LogP contribution < -0.4 is 5.32 Å². The first-order valence-electron chi connectivity index (χ1n) is 5.50. The van der Waals surface area contributed by atoms with Gasteiger partial charge < -0.3 is 5.32 Å². The number of amides is 1. The Kier molecular flexibility index (Phi) is 5.03. The van der Waals surface area contributed by atoms with E-state index >= 15 is 0 Å². The summed E-state index contributed by atoms with van der Waals surface area (Å²) >= 11 is 13.8. The summed E-state index contributed by atoms with van der Waals surface area (Å²) in [6.07, 6.45) is 0. The van der Waals surface area contributed by atoms with Gasteiger partial charge in [-0.2, -0.15) is 0 Å². The fourth-order valence-electron chi connectivity index (χ4n) is 1.63. The number of carbonyl (C=O) groups is 1. The highest BCUT2D eigenvalue weighted by Gasteiger charge is 2.18. The van der Waals surface area contributed by atoms with Crippen molar-refractivity contribution in [2.45, 2.75) is 6.92 Å². The van der Waals surface area contributed by atoms with E-state index in [0.717, 1.165) is 3.79 Å². The topological polar surface area (TPSA) is 72.2 Å². The van der Waals surface area contributed by atoms with Crippen molar-refractivity contribution in [2.24, 2.45) is 0 Å². The summed E-state index contributed by atoms with van der Waals surface area (Å²) in [5.41, 5.74) is 1.28. The number of halogens is 3. The van der Waals surface area contributed by atoms with E-state index in [1.807, 2.05) is 0 Å². The van der Waals surface area contributed by atoms with Gasteiger partial charge in [0.25, 0.3) is 11.6 Å². The summed E-state index contributed by atoms with van der Waals surface area (Å²) in [7, 11) is 0. The third-order valence-corrected chi connectivity index (χ3v) is 5.28. The fourth-order valence-corrected chi connectivity index (χ4v) is 4.65. The Bertz CT molecular complexity index is 748. The summed E-state index contributed by atoms with van der Waals surface area (Å²) in [5.74, 6) is -0.322. The van der Waals surface area contributed by atoms with Gasteiger partial charge in [-0.1, -0.05) is 11.6 Å². The molecule has 0 atom stereocenters. The summed E-state index contributed by atoms with van der Waals surface area (Å²) in [5, 5.41) is 13.5. The number of anilines is 1. The molecule has 110 valence electrons. The molecule has 0 aliphatic carbocycles. The minimum absolute atomic E-state index is 0.0218. The van der Waals surface area contributed by atoms with Crippen LogP contribution in [-0.2, 0) is 0 Å². The van der Waals surface area contributed by atoms with Gasteiger partial charge in [-0.05, 0) is 56.5 Å². The van der Waals surface area contributed by atoms with E-state index < -0.39 is 4.92 Å². The van der Waals surface area contributed by atoms with Crippen LogP contribution in [0.4, 0.5) is 11.4 Å². The van der Waals surface area contributed by atoms with Crippen molar-refractivity contribution < 1.29 is 9.72 Å². The van der Waals surface area contributed by atoms with E-state index in [2.05, 4.69) is 37.2 Å². The molecule has 0 fully saturated rings. The second kappa shape index (κ2) is 6.43. The number of rotatable bonds is 3. The van der Waals surface area contributed by atoms with Crippen LogP contribution in [0.15, 0.2) is 25.8 Å². The van der Waals surface area contributed by atoms with Gasteiger partial charge in [0.15, 0.2) is 0 Å². The predicted octanol–water partition coefficient (Wildman–Crippen LogP) is 5.40. The summed E-state index contributed by atoms with van der Waals surface area (Å²) < 4.78 is 1.51. The van der Waals surface area contributed by atoms with Crippen LogP contribution in [0.1, 0.15) is 15.9 Å². The van der Waals surface area contributed by atoms with Crippen LogP contribution >= 0.6 is 54.8 Å². The van der Waals surface area contributed by atoms with Gasteiger partial charge >= 0.3 is 0 Å². The van der Waals surface area contributed by atoms with Gasteiger partial charge in [-0.25, -0.2) is 0 Å². The molecule has 1 aromatic carbocycles. The van der Waals surface area contributed by atoms with Crippen LogP contribution in [0.3, 0.4) is 0 Å². The Morgan fingerprint density at radius 1 is 1.38 bits per heavy atom. The number of nitrogens with one attached hydrogen (secondary N) is 1. The zero-order valence-corrected chi connectivity index (χ0v) is 15.2. The minimum Gasteiger partial charge on any atom is -0.322 e. The number of nitrogens with zero attached hydrogens (tertiary/aromatic N) is 1. The van der Waals surface area contributed by atoms with Crippen LogP contribution in [0.5, 0.6) is 0 Å².